The predicted octanol–water partition coefficient (Wildman–Crippen LogP) is -1.43. The highest BCUT2D eigenvalue weighted by Gasteiger charge is 2.05. The summed E-state index contributed by atoms with van der Waals surface area (Å²) < 4.78 is 1.25. The van der Waals surface area contributed by atoms with Crippen molar-refractivity contribution in [2.24, 2.45) is 0 Å². The lowest BCUT2D eigenvalue weighted by molar-refractivity contribution is 0.115. The fraction of sp³-hybridized carbons (Fsp3) is 0.500. The number of nitrogens with zero attached hydrogens (tertiary/aromatic N) is 2. The van der Waals surface area contributed by atoms with E-state index in [1.54, 1.807) is 0 Å². The lowest BCUT2D eigenvalue weighted by atomic mass is 10.2. The summed E-state index contributed by atoms with van der Waals surface area (Å²) >= 11 is 0. The van der Waals surface area contributed by atoms with E-state index >= 15 is 0 Å². The Morgan fingerprint density at radius 2 is 2.36 bits per heavy atom. The van der Waals surface area contributed by atoms with Crippen LogP contribution in [0.25, 0.3) is 0 Å². The highest BCUT2D eigenvalue weighted by Crippen LogP contribution is 1.95. The van der Waals surface area contributed by atoms with E-state index < -0.39 is 11.8 Å². The van der Waals surface area contributed by atoms with Crippen LogP contribution in [0.15, 0.2) is 17.1 Å². The van der Waals surface area contributed by atoms with E-state index in [1.165, 1.54) is 16.8 Å². The Balaban J connectivity index is 2.72. The van der Waals surface area contributed by atoms with Crippen LogP contribution in [0.4, 0.5) is 5.82 Å². The van der Waals surface area contributed by atoms with E-state index in [2.05, 4.69) is 4.98 Å². The van der Waals surface area contributed by atoms with Gasteiger partial charge in [0.1, 0.15) is 5.82 Å². The topological polar surface area (TPSA) is 101 Å². The van der Waals surface area contributed by atoms with Gasteiger partial charge in [0.15, 0.2) is 0 Å². The van der Waals surface area contributed by atoms with Crippen LogP contribution in [0.2, 0.25) is 0 Å². The molecule has 6 nitrogen and oxygen atoms in total. The Labute approximate surface area is 80.6 Å². The van der Waals surface area contributed by atoms with Crippen molar-refractivity contribution >= 4 is 5.82 Å². The predicted molar refractivity (Wildman–Crippen MR) is 50.6 cm³/mol. The molecule has 0 aromatic carbocycles. The van der Waals surface area contributed by atoms with Crippen molar-refractivity contribution in [3.05, 3.63) is 22.7 Å². The summed E-state index contributed by atoms with van der Waals surface area (Å²) in [6.07, 6.45) is 0.949. The van der Waals surface area contributed by atoms with Gasteiger partial charge in [-0.2, -0.15) is 4.98 Å². The average molecular weight is 199 g/mol. The van der Waals surface area contributed by atoms with Gasteiger partial charge in [0.05, 0.1) is 12.6 Å². The summed E-state index contributed by atoms with van der Waals surface area (Å²) in [6, 6.07) is 1.48. The van der Waals surface area contributed by atoms with Gasteiger partial charge < -0.3 is 15.9 Å². The Kier molecular flexibility index (Phi) is 3.61. The van der Waals surface area contributed by atoms with Crippen LogP contribution < -0.4 is 11.4 Å². The molecule has 78 valence electrons. The molecule has 0 fully saturated rings. The maximum atomic E-state index is 11.2. The quantitative estimate of drug-likeness (QED) is 0.551. The summed E-state index contributed by atoms with van der Waals surface area (Å²) in [5.74, 6) is 0.155. The molecule has 6 heteroatoms. The maximum Gasteiger partial charge on any atom is 0.349 e. The number of aliphatic hydroxyl groups is 2. The Bertz CT molecular complexity index is 350. The van der Waals surface area contributed by atoms with Crippen LogP contribution in [0.5, 0.6) is 0 Å². The van der Waals surface area contributed by atoms with Crippen LogP contribution in [0, 0.1) is 0 Å². The zero-order valence-corrected chi connectivity index (χ0v) is 7.63. The normalized spacial score (nSPS) is 12.7. The minimum absolute atomic E-state index is 0.113. The fourth-order valence-electron chi connectivity index (χ4n) is 1.05. The molecule has 1 atom stereocenters. The second-order valence-corrected chi connectivity index (χ2v) is 2.95. The van der Waals surface area contributed by atoms with Crippen molar-refractivity contribution in [2.75, 3.05) is 12.3 Å². The van der Waals surface area contributed by atoms with E-state index in [1.807, 2.05) is 0 Å². The summed E-state index contributed by atoms with van der Waals surface area (Å²) in [5.41, 5.74) is 4.79. The van der Waals surface area contributed by atoms with Crippen molar-refractivity contribution < 1.29 is 10.2 Å². The molecule has 0 saturated heterocycles. The van der Waals surface area contributed by atoms with Gasteiger partial charge in [0.2, 0.25) is 0 Å². The Hall–Kier alpha value is -1.40. The molecule has 0 amide bonds. The summed E-state index contributed by atoms with van der Waals surface area (Å²) in [6.45, 7) is 0.00495. The molecule has 0 aliphatic rings. The van der Waals surface area contributed by atoms with E-state index in [9.17, 15) is 9.90 Å². The molecule has 1 aromatic heterocycles. The van der Waals surface area contributed by atoms with E-state index in [-0.39, 0.29) is 25.4 Å². The van der Waals surface area contributed by atoms with Crippen molar-refractivity contribution in [1.29, 1.82) is 0 Å². The first-order valence-corrected chi connectivity index (χ1v) is 4.25. The van der Waals surface area contributed by atoms with Gasteiger partial charge in [-0.25, -0.2) is 4.79 Å². The zero-order valence-electron chi connectivity index (χ0n) is 7.63. The molecule has 0 aliphatic heterocycles. The van der Waals surface area contributed by atoms with Gasteiger partial charge in [-0.1, -0.05) is 0 Å². The molecule has 1 rings (SSSR count). The molecule has 0 radical (unpaired) electrons. The third-order valence-corrected chi connectivity index (χ3v) is 1.77. The lowest BCUT2D eigenvalue weighted by Gasteiger charge is -2.10. The number of aromatic nitrogens is 2. The molecule has 0 spiro atoms. The second kappa shape index (κ2) is 4.73. The van der Waals surface area contributed by atoms with Gasteiger partial charge in [-0.3, -0.25) is 4.57 Å². The Morgan fingerprint density at radius 1 is 1.64 bits per heavy atom. The summed E-state index contributed by atoms with van der Waals surface area (Å²) in [4.78, 5) is 14.7. The minimum atomic E-state index is -0.747. The fourth-order valence-corrected chi connectivity index (χ4v) is 1.05. The molecule has 0 unspecified atom stereocenters. The number of nitrogens with two attached hydrogens (primary N) is 1. The number of rotatable bonds is 4. The first-order valence-electron chi connectivity index (χ1n) is 4.25. The number of anilines is 1. The van der Waals surface area contributed by atoms with E-state index in [4.69, 9.17) is 10.8 Å². The number of hydrogen-bond donors (Lipinski definition) is 3. The second-order valence-electron chi connectivity index (χ2n) is 2.95. The smallest absolute Gasteiger partial charge is 0.349 e. The monoisotopic (exact) mass is 199 g/mol. The molecular formula is C8H13N3O3. The highest BCUT2D eigenvalue weighted by atomic mass is 16.3. The van der Waals surface area contributed by atoms with Gasteiger partial charge in [-0.05, 0) is 12.5 Å². The largest absolute Gasteiger partial charge is 0.396 e. The number of aliphatic hydroxyl groups excluding tert-OH is 2. The van der Waals surface area contributed by atoms with Crippen molar-refractivity contribution in [3.8, 4) is 0 Å². The highest BCUT2D eigenvalue weighted by molar-refractivity contribution is 5.23. The molecular weight excluding hydrogens is 186 g/mol. The van der Waals surface area contributed by atoms with Crippen molar-refractivity contribution in [2.45, 2.75) is 19.1 Å². The first kappa shape index (κ1) is 10.7. The Morgan fingerprint density at radius 3 is 2.93 bits per heavy atom. The van der Waals surface area contributed by atoms with Gasteiger partial charge in [0.25, 0.3) is 0 Å². The molecule has 1 aromatic rings. The van der Waals surface area contributed by atoms with Crippen LogP contribution in [-0.4, -0.2) is 32.5 Å². The first-order chi connectivity index (χ1) is 6.63. The summed E-state index contributed by atoms with van der Waals surface area (Å²) in [7, 11) is 0. The van der Waals surface area contributed by atoms with Crippen LogP contribution in [0.3, 0.4) is 0 Å². The third kappa shape index (κ3) is 2.82. The van der Waals surface area contributed by atoms with Crippen molar-refractivity contribution in [3.63, 3.8) is 0 Å². The number of nitrogen functional groups attached to an aromatic ring is 1. The van der Waals surface area contributed by atoms with E-state index in [0.29, 0.717) is 0 Å². The lowest BCUT2D eigenvalue weighted by Crippen LogP contribution is -2.28. The minimum Gasteiger partial charge on any atom is -0.396 e. The van der Waals surface area contributed by atoms with Crippen LogP contribution in [-0.2, 0) is 6.54 Å². The molecule has 14 heavy (non-hydrogen) atoms. The molecule has 0 aliphatic carbocycles. The molecule has 4 N–H and O–H groups in total. The molecule has 0 saturated carbocycles. The summed E-state index contributed by atoms with van der Waals surface area (Å²) in [5, 5.41) is 17.9. The van der Waals surface area contributed by atoms with Crippen LogP contribution in [0.1, 0.15) is 6.42 Å². The SMILES string of the molecule is Nc1ccn(C[C@@H](O)CCO)c(=O)n1. The van der Waals surface area contributed by atoms with Gasteiger partial charge in [-0.15, -0.1) is 0 Å². The molecule has 1 heterocycles. The standard InChI is InChI=1S/C8H13N3O3/c9-7-1-3-11(8(14)10-7)5-6(13)2-4-12/h1,3,6,12-13H,2,4-5H2,(H2,9,10,14)/t6-/m0/s1. The molecule has 0 bridgehead atoms. The maximum absolute atomic E-state index is 11.2. The third-order valence-electron chi connectivity index (χ3n) is 1.77. The van der Waals surface area contributed by atoms with Crippen molar-refractivity contribution in [1.82, 2.24) is 9.55 Å². The van der Waals surface area contributed by atoms with Crippen LogP contribution >= 0.6 is 0 Å². The number of hydrogen-bond acceptors (Lipinski definition) is 5. The van der Waals surface area contributed by atoms with Gasteiger partial charge in [0, 0.05) is 12.8 Å². The zero-order chi connectivity index (χ0) is 10.6. The van der Waals surface area contributed by atoms with Gasteiger partial charge >= 0.3 is 5.69 Å². The van der Waals surface area contributed by atoms with E-state index in [0.717, 1.165) is 0 Å². The average Bonchev–Trinajstić information content (AvgIpc) is 2.10.